The molecule has 0 aliphatic heterocycles. The third-order valence-electron chi connectivity index (χ3n) is 2.15. The molecule has 0 atom stereocenters. The van der Waals surface area contributed by atoms with E-state index < -0.39 is 5.97 Å². The Morgan fingerprint density at radius 3 is 2.72 bits per heavy atom. The van der Waals surface area contributed by atoms with Crippen LogP contribution in [-0.4, -0.2) is 16.1 Å². The number of nitrogen functional groups attached to an aromatic ring is 1. The summed E-state index contributed by atoms with van der Waals surface area (Å²) in [6.45, 7) is 0. The quantitative estimate of drug-likeness (QED) is 0.847. The predicted octanol–water partition coefficient (Wildman–Crippen LogP) is 3.28. The van der Waals surface area contributed by atoms with Gasteiger partial charge in [-0.3, -0.25) is 0 Å². The second kappa shape index (κ2) is 5.41. The highest BCUT2D eigenvalue weighted by Crippen LogP contribution is 2.30. The summed E-state index contributed by atoms with van der Waals surface area (Å²) in [5.41, 5.74) is 6.20. The van der Waals surface area contributed by atoms with Crippen LogP contribution in [0.1, 0.15) is 10.4 Å². The first kappa shape index (κ1) is 12.9. The molecule has 92 valence electrons. The van der Waals surface area contributed by atoms with E-state index in [0.717, 1.165) is 9.50 Å². The summed E-state index contributed by atoms with van der Waals surface area (Å²) >= 11 is 4.59. The Morgan fingerprint density at radius 2 is 2.11 bits per heavy atom. The van der Waals surface area contributed by atoms with Crippen molar-refractivity contribution >= 4 is 39.3 Å². The lowest BCUT2D eigenvalue weighted by molar-refractivity contribution is 0.0693. The van der Waals surface area contributed by atoms with E-state index in [4.69, 9.17) is 10.8 Å². The molecule has 18 heavy (non-hydrogen) atoms. The van der Waals surface area contributed by atoms with Crippen molar-refractivity contribution in [1.29, 1.82) is 0 Å². The zero-order chi connectivity index (χ0) is 13.1. The van der Waals surface area contributed by atoms with E-state index in [1.807, 2.05) is 12.1 Å². The molecular weight excluding hydrogens is 316 g/mol. The van der Waals surface area contributed by atoms with Crippen LogP contribution in [0.15, 0.2) is 50.9 Å². The van der Waals surface area contributed by atoms with Crippen LogP contribution in [0.5, 0.6) is 0 Å². The number of hydrogen-bond acceptors (Lipinski definition) is 4. The molecule has 0 saturated heterocycles. The van der Waals surface area contributed by atoms with Crippen molar-refractivity contribution in [3.05, 3.63) is 46.6 Å². The molecule has 0 spiro atoms. The van der Waals surface area contributed by atoms with Crippen LogP contribution in [0.3, 0.4) is 0 Å². The minimum absolute atomic E-state index is 0.185. The number of rotatable bonds is 3. The van der Waals surface area contributed by atoms with Crippen LogP contribution in [0.4, 0.5) is 5.69 Å². The Bertz CT molecular complexity index is 587. The molecule has 0 unspecified atom stereocenters. The van der Waals surface area contributed by atoms with Gasteiger partial charge in [-0.05, 0) is 46.3 Å². The van der Waals surface area contributed by atoms with Crippen molar-refractivity contribution in [2.45, 2.75) is 9.92 Å². The first-order valence-electron chi connectivity index (χ1n) is 4.98. The maximum absolute atomic E-state index is 11.1. The van der Waals surface area contributed by atoms with Gasteiger partial charge in [-0.1, -0.05) is 11.8 Å². The number of benzene rings is 1. The number of carboxylic acids is 1. The average molecular weight is 325 g/mol. The number of nitrogens with two attached hydrogens (primary N) is 1. The van der Waals surface area contributed by atoms with Gasteiger partial charge in [-0.25, -0.2) is 9.78 Å². The molecule has 0 radical (unpaired) electrons. The Balaban J connectivity index is 2.34. The number of hydrogen-bond donors (Lipinski definition) is 2. The smallest absolute Gasteiger partial charge is 0.336 e. The molecule has 0 bridgehead atoms. The summed E-state index contributed by atoms with van der Waals surface area (Å²) in [7, 11) is 0. The second-order valence-electron chi connectivity index (χ2n) is 3.48. The second-order valence-corrected chi connectivity index (χ2v) is 5.46. The van der Waals surface area contributed by atoms with Crippen molar-refractivity contribution in [3.63, 3.8) is 0 Å². The predicted molar refractivity (Wildman–Crippen MR) is 73.9 cm³/mol. The summed E-state index contributed by atoms with van der Waals surface area (Å²) in [5.74, 6) is -0.998. The number of carboxylic acid groups (broad SMARTS) is 1. The van der Waals surface area contributed by atoms with Gasteiger partial charge in [0.2, 0.25) is 0 Å². The summed E-state index contributed by atoms with van der Waals surface area (Å²) in [4.78, 5) is 15.9. The molecule has 0 aliphatic rings. The molecule has 1 aromatic carbocycles. The summed E-state index contributed by atoms with van der Waals surface area (Å²) < 4.78 is 0.877. The standard InChI is InChI=1S/C12H9BrN2O2S/c13-7-1-4-11(15-6-7)18-10-3-2-8(14)5-9(10)12(16)17/h1-6H,14H2,(H,16,17). The molecule has 3 N–H and O–H groups in total. The van der Waals surface area contributed by atoms with E-state index in [1.165, 1.54) is 17.8 Å². The summed E-state index contributed by atoms with van der Waals surface area (Å²) in [6.07, 6.45) is 1.67. The van der Waals surface area contributed by atoms with Crippen LogP contribution >= 0.6 is 27.7 Å². The SMILES string of the molecule is Nc1ccc(Sc2ccc(Br)cn2)c(C(=O)O)c1. The van der Waals surface area contributed by atoms with Crippen LogP contribution in [-0.2, 0) is 0 Å². The normalized spacial score (nSPS) is 10.3. The van der Waals surface area contributed by atoms with Crippen molar-refractivity contribution in [2.24, 2.45) is 0 Å². The molecule has 2 aromatic rings. The van der Waals surface area contributed by atoms with Gasteiger partial charge in [0.1, 0.15) is 5.03 Å². The molecule has 1 aromatic heterocycles. The third kappa shape index (κ3) is 3.02. The molecule has 0 aliphatic carbocycles. The zero-order valence-corrected chi connectivity index (χ0v) is 11.5. The first-order valence-corrected chi connectivity index (χ1v) is 6.59. The number of nitrogens with zero attached hydrogens (tertiary/aromatic N) is 1. The minimum atomic E-state index is -0.998. The Kier molecular flexibility index (Phi) is 3.88. The topological polar surface area (TPSA) is 76.2 Å². The number of pyridine rings is 1. The number of carbonyl (C=O) groups is 1. The van der Waals surface area contributed by atoms with Gasteiger partial charge in [-0.15, -0.1) is 0 Å². The van der Waals surface area contributed by atoms with E-state index in [-0.39, 0.29) is 5.56 Å². The number of aromatic carboxylic acids is 1. The maximum atomic E-state index is 11.1. The summed E-state index contributed by atoms with van der Waals surface area (Å²) in [6, 6.07) is 8.48. The molecule has 0 fully saturated rings. The first-order chi connectivity index (χ1) is 8.56. The molecular formula is C12H9BrN2O2S. The highest BCUT2D eigenvalue weighted by Gasteiger charge is 2.12. The fourth-order valence-electron chi connectivity index (χ4n) is 1.34. The van der Waals surface area contributed by atoms with Gasteiger partial charge in [0.25, 0.3) is 0 Å². The lowest BCUT2D eigenvalue weighted by Crippen LogP contribution is -2.00. The maximum Gasteiger partial charge on any atom is 0.336 e. The van der Waals surface area contributed by atoms with E-state index >= 15 is 0 Å². The fraction of sp³-hybridized carbons (Fsp3) is 0. The van der Waals surface area contributed by atoms with Gasteiger partial charge in [0.05, 0.1) is 5.56 Å². The van der Waals surface area contributed by atoms with Crippen molar-refractivity contribution in [1.82, 2.24) is 4.98 Å². The van der Waals surface area contributed by atoms with Crippen LogP contribution in [0.2, 0.25) is 0 Å². The lowest BCUT2D eigenvalue weighted by Gasteiger charge is -2.06. The number of halogens is 1. The van der Waals surface area contributed by atoms with Gasteiger partial charge < -0.3 is 10.8 Å². The van der Waals surface area contributed by atoms with Crippen LogP contribution in [0, 0.1) is 0 Å². The summed E-state index contributed by atoms with van der Waals surface area (Å²) in [5, 5.41) is 9.84. The van der Waals surface area contributed by atoms with Gasteiger partial charge in [0, 0.05) is 21.3 Å². The molecule has 4 nitrogen and oxygen atoms in total. The van der Waals surface area contributed by atoms with Crippen molar-refractivity contribution in [3.8, 4) is 0 Å². The fourth-order valence-corrected chi connectivity index (χ4v) is 2.43. The monoisotopic (exact) mass is 324 g/mol. The molecule has 0 amide bonds. The molecule has 2 rings (SSSR count). The van der Waals surface area contributed by atoms with Crippen LogP contribution < -0.4 is 5.73 Å². The van der Waals surface area contributed by atoms with Gasteiger partial charge in [0.15, 0.2) is 0 Å². The number of aromatic nitrogens is 1. The van der Waals surface area contributed by atoms with E-state index in [2.05, 4.69) is 20.9 Å². The third-order valence-corrected chi connectivity index (χ3v) is 3.64. The largest absolute Gasteiger partial charge is 0.478 e. The highest BCUT2D eigenvalue weighted by atomic mass is 79.9. The van der Waals surface area contributed by atoms with E-state index in [0.29, 0.717) is 10.6 Å². The Morgan fingerprint density at radius 1 is 1.33 bits per heavy atom. The Hall–Kier alpha value is -1.53. The number of anilines is 1. The van der Waals surface area contributed by atoms with Crippen LogP contribution in [0.25, 0.3) is 0 Å². The average Bonchev–Trinajstić information content (AvgIpc) is 2.34. The van der Waals surface area contributed by atoms with E-state index in [9.17, 15) is 4.79 Å². The zero-order valence-electron chi connectivity index (χ0n) is 9.13. The minimum Gasteiger partial charge on any atom is -0.478 e. The van der Waals surface area contributed by atoms with Gasteiger partial charge in [-0.2, -0.15) is 0 Å². The van der Waals surface area contributed by atoms with Crippen molar-refractivity contribution < 1.29 is 9.90 Å². The Labute approximate surface area is 116 Å². The molecule has 6 heteroatoms. The molecule has 1 heterocycles. The molecule has 0 saturated carbocycles. The van der Waals surface area contributed by atoms with Gasteiger partial charge >= 0.3 is 5.97 Å². The highest BCUT2D eigenvalue weighted by molar-refractivity contribution is 9.10. The van der Waals surface area contributed by atoms with E-state index in [1.54, 1.807) is 18.3 Å². The lowest BCUT2D eigenvalue weighted by atomic mass is 10.2. The van der Waals surface area contributed by atoms with Crippen molar-refractivity contribution in [2.75, 3.05) is 5.73 Å².